The smallest absolute Gasteiger partial charge is 0.165 e. The van der Waals surface area contributed by atoms with Crippen molar-refractivity contribution in [2.24, 2.45) is 0 Å². The second-order valence-electron chi connectivity index (χ2n) is 16.3. The Balaban J connectivity index is 1.10. The van der Waals surface area contributed by atoms with Crippen LogP contribution in [0.15, 0.2) is 212 Å². The van der Waals surface area contributed by atoms with Crippen molar-refractivity contribution in [1.29, 1.82) is 0 Å². The second kappa shape index (κ2) is 14.3. The van der Waals surface area contributed by atoms with E-state index in [1.807, 2.05) is 11.3 Å². The highest BCUT2D eigenvalue weighted by molar-refractivity contribution is 7.26. The third-order valence-corrected chi connectivity index (χ3v) is 13.8. The number of fused-ring (bicyclic) bond motifs is 11. The summed E-state index contributed by atoms with van der Waals surface area (Å²) in [5.74, 6) is 1.92. The second-order valence-corrected chi connectivity index (χ2v) is 17.4. The number of thiophene rings is 1. The van der Waals surface area contributed by atoms with Gasteiger partial charge in [-0.05, 0) is 95.0 Å². The molecule has 13 aromatic rings. The molecule has 11 aromatic carbocycles. The molecule has 0 aliphatic rings. The fourth-order valence-electron chi connectivity index (χ4n) is 9.60. The van der Waals surface area contributed by atoms with Crippen LogP contribution in [0.3, 0.4) is 0 Å². The molecule has 0 saturated heterocycles. The summed E-state index contributed by atoms with van der Waals surface area (Å²) >= 11 is 1.84. The number of benzene rings is 11. The van der Waals surface area contributed by atoms with Gasteiger partial charge in [-0.25, -0.2) is 15.0 Å². The zero-order valence-electron chi connectivity index (χ0n) is 34.0. The van der Waals surface area contributed by atoms with Crippen LogP contribution in [0.5, 0.6) is 0 Å². The summed E-state index contributed by atoms with van der Waals surface area (Å²) in [6, 6.07) is 76.3. The maximum Gasteiger partial charge on any atom is 0.165 e. The molecular weight excluding hydrogens is 783 g/mol. The standard InChI is InChI=1S/C59H35N3S/c1-2-12-36(13-3-1)38-22-27-40(28-23-38)57-60-58(41-29-24-39(25-30-41)45-31-26-37-14-4-5-15-42(37)32-45)62-59(61-57)56-54-49-21-11-10-19-47(49)46-18-8-9-20-48(46)50(54)35-53-55(56)51-33-43-16-6-7-17-44(43)34-52(51)63-53/h1-35H. The summed E-state index contributed by atoms with van der Waals surface area (Å²) in [7, 11) is 0. The summed E-state index contributed by atoms with van der Waals surface area (Å²) in [5.41, 5.74) is 7.51. The van der Waals surface area contributed by atoms with Crippen LogP contribution < -0.4 is 0 Å². The summed E-state index contributed by atoms with van der Waals surface area (Å²) < 4.78 is 2.45. The molecule has 0 bridgehead atoms. The van der Waals surface area contributed by atoms with E-state index in [1.54, 1.807) is 0 Å². The van der Waals surface area contributed by atoms with E-state index in [9.17, 15) is 0 Å². The molecule has 4 heteroatoms. The maximum atomic E-state index is 5.53. The van der Waals surface area contributed by atoms with Gasteiger partial charge in [-0.3, -0.25) is 0 Å². The Bertz CT molecular complexity index is 3950. The molecular formula is C59H35N3S. The van der Waals surface area contributed by atoms with Gasteiger partial charge in [0.05, 0.1) is 0 Å². The van der Waals surface area contributed by atoms with Crippen LogP contribution in [0.25, 0.3) is 130 Å². The molecule has 0 aliphatic heterocycles. The Morgan fingerprint density at radius 2 is 0.714 bits per heavy atom. The zero-order chi connectivity index (χ0) is 41.4. The molecule has 0 atom stereocenters. The lowest BCUT2D eigenvalue weighted by Crippen LogP contribution is -2.01. The SMILES string of the molecule is c1ccc(-c2ccc(-c3nc(-c4ccc(-c5ccc6ccccc6c5)cc4)nc(-c4c5c(cc6c7ccccc7c7ccccc7c46)sc4cc6ccccc6cc45)n3)cc2)cc1. The summed E-state index contributed by atoms with van der Waals surface area (Å²) in [5, 5.41) is 14.5. The molecule has 292 valence electrons. The van der Waals surface area contributed by atoms with Gasteiger partial charge in [-0.15, -0.1) is 11.3 Å². The van der Waals surface area contributed by atoms with Gasteiger partial charge < -0.3 is 0 Å². The maximum absolute atomic E-state index is 5.53. The van der Waals surface area contributed by atoms with E-state index in [2.05, 4.69) is 212 Å². The van der Waals surface area contributed by atoms with Crippen molar-refractivity contribution in [3.63, 3.8) is 0 Å². The van der Waals surface area contributed by atoms with Gasteiger partial charge in [0, 0.05) is 42.2 Å². The van der Waals surface area contributed by atoms with Crippen molar-refractivity contribution in [2.75, 3.05) is 0 Å². The first kappa shape index (κ1) is 35.7. The van der Waals surface area contributed by atoms with Crippen LogP contribution in [-0.2, 0) is 0 Å². The molecule has 0 amide bonds. The average molecular weight is 818 g/mol. The number of hydrogen-bond donors (Lipinski definition) is 0. The fraction of sp³-hybridized carbons (Fsp3) is 0. The van der Waals surface area contributed by atoms with Crippen molar-refractivity contribution < 1.29 is 0 Å². The van der Waals surface area contributed by atoms with E-state index in [-0.39, 0.29) is 0 Å². The van der Waals surface area contributed by atoms with Crippen LogP contribution in [0.2, 0.25) is 0 Å². The number of nitrogens with zero attached hydrogens (tertiary/aromatic N) is 3. The van der Waals surface area contributed by atoms with Gasteiger partial charge in [0.25, 0.3) is 0 Å². The van der Waals surface area contributed by atoms with Crippen molar-refractivity contribution in [2.45, 2.75) is 0 Å². The molecule has 63 heavy (non-hydrogen) atoms. The van der Waals surface area contributed by atoms with Crippen LogP contribution in [-0.4, -0.2) is 15.0 Å². The minimum Gasteiger partial charge on any atom is -0.208 e. The lowest BCUT2D eigenvalue weighted by Gasteiger charge is -2.16. The Labute approximate surface area is 367 Å². The number of rotatable bonds is 5. The van der Waals surface area contributed by atoms with E-state index in [1.165, 1.54) is 79.8 Å². The van der Waals surface area contributed by atoms with Crippen molar-refractivity contribution in [3.8, 4) is 56.4 Å². The number of aromatic nitrogens is 3. The summed E-state index contributed by atoms with van der Waals surface area (Å²) in [6.07, 6.45) is 0. The molecule has 0 aliphatic carbocycles. The minimum atomic E-state index is 0.632. The van der Waals surface area contributed by atoms with E-state index in [0.29, 0.717) is 17.5 Å². The lowest BCUT2D eigenvalue weighted by atomic mass is 9.89. The lowest BCUT2D eigenvalue weighted by molar-refractivity contribution is 1.08. The number of hydrogen-bond acceptors (Lipinski definition) is 4. The quantitative estimate of drug-likeness (QED) is 0.162. The fourth-order valence-corrected chi connectivity index (χ4v) is 10.8. The van der Waals surface area contributed by atoms with E-state index in [4.69, 9.17) is 15.0 Å². The van der Waals surface area contributed by atoms with Crippen molar-refractivity contribution in [3.05, 3.63) is 212 Å². The van der Waals surface area contributed by atoms with Gasteiger partial charge in [0.15, 0.2) is 17.5 Å². The van der Waals surface area contributed by atoms with E-state index < -0.39 is 0 Å². The monoisotopic (exact) mass is 817 g/mol. The van der Waals surface area contributed by atoms with Gasteiger partial charge in [-0.2, -0.15) is 0 Å². The summed E-state index contributed by atoms with van der Waals surface area (Å²) in [6.45, 7) is 0. The molecule has 2 heterocycles. The highest BCUT2D eigenvalue weighted by atomic mass is 32.1. The largest absolute Gasteiger partial charge is 0.208 e. The van der Waals surface area contributed by atoms with Gasteiger partial charge in [-0.1, -0.05) is 188 Å². The van der Waals surface area contributed by atoms with Gasteiger partial charge in [0.1, 0.15) is 0 Å². The Kier molecular flexibility index (Phi) is 8.08. The van der Waals surface area contributed by atoms with Crippen LogP contribution >= 0.6 is 11.3 Å². The molecule has 2 aromatic heterocycles. The first-order valence-corrected chi connectivity index (χ1v) is 22.1. The van der Waals surface area contributed by atoms with Crippen molar-refractivity contribution >= 4 is 85.4 Å². The molecule has 0 radical (unpaired) electrons. The molecule has 0 fully saturated rings. The third kappa shape index (κ3) is 5.91. The zero-order valence-corrected chi connectivity index (χ0v) is 34.8. The molecule has 0 spiro atoms. The Morgan fingerprint density at radius 1 is 0.254 bits per heavy atom. The van der Waals surface area contributed by atoms with Crippen LogP contribution in [0.1, 0.15) is 0 Å². The Morgan fingerprint density at radius 3 is 1.38 bits per heavy atom. The first-order valence-electron chi connectivity index (χ1n) is 21.3. The predicted molar refractivity (Wildman–Crippen MR) is 267 cm³/mol. The topological polar surface area (TPSA) is 38.7 Å². The first-order chi connectivity index (χ1) is 31.2. The molecule has 3 nitrogen and oxygen atoms in total. The van der Waals surface area contributed by atoms with Crippen LogP contribution in [0.4, 0.5) is 0 Å². The summed E-state index contributed by atoms with van der Waals surface area (Å²) in [4.78, 5) is 16.3. The van der Waals surface area contributed by atoms with Crippen molar-refractivity contribution in [1.82, 2.24) is 15.0 Å². The van der Waals surface area contributed by atoms with Crippen LogP contribution in [0, 0.1) is 0 Å². The van der Waals surface area contributed by atoms with E-state index >= 15 is 0 Å². The molecule has 0 unspecified atom stereocenters. The minimum absolute atomic E-state index is 0.632. The molecule has 0 N–H and O–H groups in total. The highest BCUT2D eigenvalue weighted by Crippen LogP contribution is 2.49. The molecule has 0 saturated carbocycles. The molecule has 13 rings (SSSR count). The average Bonchev–Trinajstić information content (AvgIpc) is 3.71. The third-order valence-electron chi connectivity index (χ3n) is 12.7. The van der Waals surface area contributed by atoms with Gasteiger partial charge in [0.2, 0.25) is 0 Å². The highest BCUT2D eigenvalue weighted by Gasteiger charge is 2.23. The Hall–Kier alpha value is -8.05. The van der Waals surface area contributed by atoms with E-state index in [0.717, 1.165) is 33.2 Å². The van der Waals surface area contributed by atoms with Gasteiger partial charge >= 0.3 is 0 Å². The normalized spacial score (nSPS) is 11.8. The predicted octanol–water partition coefficient (Wildman–Crippen LogP) is 16.3.